The third-order valence-electron chi connectivity index (χ3n) is 3.00. The molecule has 6 heteroatoms. The number of rotatable bonds is 3. The van der Waals surface area contributed by atoms with Crippen molar-refractivity contribution in [2.75, 3.05) is 0 Å². The Hall–Kier alpha value is -0.850. The summed E-state index contributed by atoms with van der Waals surface area (Å²) in [6, 6.07) is 11.1. The van der Waals surface area contributed by atoms with Crippen LogP contribution in [0, 0.1) is 0 Å². The second-order valence-corrected chi connectivity index (χ2v) is 6.36. The Morgan fingerprint density at radius 2 is 1.76 bits per heavy atom. The average Bonchev–Trinajstić information content (AvgIpc) is 2.37. The van der Waals surface area contributed by atoms with Crippen molar-refractivity contribution in [3.63, 3.8) is 0 Å². The molecule has 0 aliphatic carbocycles. The Labute approximate surface area is 137 Å². The van der Waals surface area contributed by atoms with Gasteiger partial charge >= 0.3 is 6.18 Å². The van der Waals surface area contributed by atoms with E-state index >= 15 is 0 Å². The lowest BCUT2D eigenvalue weighted by Crippen LogP contribution is -2.09. The fourth-order valence-electron chi connectivity index (χ4n) is 1.97. The predicted octanol–water partition coefficient (Wildman–Crippen LogP) is 5.51. The van der Waals surface area contributed by atoms with E-state index < -0.39 is 17.8 Å². The van der Waals surface area contributed by atoms with Crippen LogP contribution in [0.15, 0.2) is 51.4 Å². The van der Waals surface area contributed by atoms with Crippen molar-refractivity contribution in [1.82, 2.24) is 0 Å². The molecule has 1 N–H and O–H groups in total. The topological polar surface area (TPSA) is 20.2 Å². The van der Waals surface area contributed by atoms with Crippen molar-refractivity contribution in [1.29, 1.82) is 0 Å². The minimum atomic E-state index is -4.45. The van der Waals surface area contributed by atoms with Gasteiger partial charge in [-0.05, 0) is 35.4 Å². The summed E-state index contributed by atoms with van der Waals surface area (Å²) in [5, 5.41) is 10.1. The van der Waals surface area contributed by atoms with E-state index in [9.17, 15) is 18.3 Å². The second kappa shape index (κ2) is 6.50. The number of hydrogen-bond donors (Lipinski definition) is 1. The molecule has 2 aromatic rings. The van der Waals surface area contributed by atoms with Crippen LogP contribution in [0.3, 0.4) is 0 Å². The molecule has 112 valence electrons. The van der Waals surface area contributed by atoms with Gasteiger partial charge in [-0.1, -0.05) is 50.1 Å². The Morgan fingerprint density at radius 3 is 2.38 bits per heavy atom. The third kappa shape index (κ3) is 4.31. The zero-order valence-corrected chi connectivity index (χ0v) is 13.8. The van der Waals surface area contributed by atoms with Gasteiger partial charge < -0.3 is 5.11 Å². The zero-order chi connectivity index (χ0) is 15.6. The molecule has 0 aromatic heterocycles. The summed E-state index contributed by atoms with van der Waals surface area (Å²) in [4.78, 5) is 0. The molecule has 2 rings (SSSR count). The van der Waals surface area contributed by atoms with Gasteiger partial charge in [-0.3, -0.25) is 0 Å². The van der Waals surface area contributed by atoms with Gasteiger partial charge in [0.2, 0.25) is 0 Å². The van der Waals surface area contributed by atoms with Gasteiger partial charge in [0.1, 0.15) is 0 Å². The zero-order valence-electron chi connectivity index (χ0n) is 10.7. The molecule has 2 aromatic carbocycles. The molecule has 0 amide bonds. The van der Waals surface area contributed by atoms with E-state index in [1.54, 1.807) is 0 Å². The standard InChI is InChI=1S/C15H11Br2F3O/c16-11-3-1-2-9(6-11)7-14(21)10-4-5-13(17)12(8-10)15(18,19)20/h1-6,8,14,21H,7H2. The van der Waals surface area contributed by atoms with Crippen LogP contribution < -0.4 is 0 Å². The van der Waals surface area contributed by atoms with Gasteiger partial charge in [0.25, 0.3) is 0 Å². The maximum absolute atomic E-state index is 12.9. The molecule has 1 atom stereocenters. The summed E-state index contributed by atoms with van der Waals surface area (Å²) >= 11 is 6.20. The Kier molecular flexibility index (Phi) is 5.11. The number of hydrogen-bond acceptors (Lipinski definition) is 1. The first-order valence-electron chi connectivity index (χ1n) is 6.06. The summed E-state index contributed by atoms with van der Waals surface area (Å²) in [6.07, 6.45) is -5.20. The number of halogens is 5. The molecule has 0 spiro atoms. The quantitative estimate of drug-likeness (QED) is 0.690. The fraction of sp³-hybridized carbons (Fsp3) is 0.200. The van der Waals surface area contributed by atoms with Crippen LogP contribution in [0.25, 0.3) is 0 Å². The molecule has 0 fully saturated rings. The van der Waals surface area contributed by atoms with Gasteiger partial charge in [0.15, 0.2) is 0 Å². The van der Waals surface area contributed by atoms with Gasteiger partial charge in [-0.15, -0.1) is 0 Å². The molecular weight excluding hydrogens is 413 g/mol. The molecule has 0 saturated carbocycles. The van der Waals surface area contributed by atoms with E-state index in [1.807, 2.05) is 24.3 Å². The first kappa shape index (κ1) is 16.5. The minimum absolute atomic E-state index is 0.0339. The lowest BCUT2D eigenvalue weighted by atomic mass is 9.99. The summed E-state index contributed by atoms with van der Waals surface area (Å²) in [7, 11) is 0. The van der Waals surface area contributed by atoms with E-state index in [2.05, 4.69) is 31.9 Å². The Morgan fingerprint density at radius 1 is 1.05 bits per heavy atom. The van der Waals surface area contributed by atoms with Crippen LogP contribution in [0.1, 0.15) is 22.8 Å². The Bertz CT molecular complexity index is 641. The normalized spacial score (nSPS) is 13.2. The van der Waals surface area contributed by atoms with Crippen molar-refractivity contribution in [3.05, 3.63) is 68.1 Å². The minimum Gasteiger partial charge on any atom is -0.388 e. The van der Waals surface area contributed by atoms with E-state index in [4.69, 9.17) is 0 Å². The number of benzene rings is 2. The molecule has 1 unspecified atom stereocenters. The first-order valence-corrected chi connectivity index (χ1v) is 7.65. The van der Waals surface area contributed by atoms with E-state index in [0.29, 0.717) is 0 Å². The molecule has 0 aliphatic rings. The SMILES string of the molecule is OC(Cc1cccc(Br)c1)c1ccc(Br)c(C(F)(F)F)c1. The monoisotopic (exact) mass is 422 g/mol. The molecular formula is C15H11Br2F3O. The second-order valence-electron chi connectivity index (χ2n) is 4.59. The van der Waals surface area contributed by atoms with Crippen LogP contribution in [-0.2, 0) is 12.6 Å². The lowest BCUT2D eigenvalue weighted by Gasteiger charge is -2.15. The lowest BCUT2D eigenvalue weighted by molar-refractivity contribution is -0.138. The number of alkyl halides is 3. The van der Waals surface area contributed by atoms with Crippen molar-refractivity contribution >= 4 is 31.9 Å². The highest BCUT2D eigenvalue weighted by Crippen LogP contribution is 2.36. The van der Waals surface area contributed by atoms with Gasteiger partial charge in [-0.2, -0.15) is 13.2 Å². The predicted molar refractivity (Wildman–Crippen MR) is 81.9 cm³/mol. The maximum atomic E-state index is 12.9. The molecule has 0 radical (unpaired) electrons. The van der Waals surface area contributed by atoms with Gasteiger partial charge in [0, 0.05) is 15.4 Å². The maximum Gasteiger partial charge on any atom is 0.417 e. The fourth-order valence-corrected chi connectivity index (χ4v) is 2.89. The van der Waals surface area contributed by atoms with E-state index in [1.165, 1.54) is 12.1 Å². The molecule has 0 saturated heterocycles. The summed E-state index contributed by atoms with van der Waals surface area (Å²) < 4.78 is 39.4. The van der Waals surface area contributed by atoms with Crippen molar-refractivity contribution in [3.8, 4) is 0 Å². The van der Waals surface area contributed by atoms with Crippen LogP contribution in [0.5, 0.6) is 0 Å². The van der Waals surface area contributed by atoms with E-state index in [-0.39, 0.29) is 16.5 Å². The van der Waals surface area contributed by atoms with Crippen LogP contribution in [0.4, 0.5) is 13.2 Å². The highest BCUT2D eigenvalue weighted by molar-refractivity contribution is 9.10. The first-order chi connectivity index (χ1) is 9.77. The van der Waals surface area contributed by atoms with Gasteiger partial charge in [0.05, 0.1) is 11.7 Å². The summed E-state index contributed by atoms with van der Waals surface area (Å²) in [6.45, 7) is 0. The number of aliphatic hydroxyl groups is 1. The van der Waals surface area contributed by atoms with E-state index in [0.717, 1.165) is 16.1 Å². The highest BCUT2D eigenvalue weighted by Gasteiger charge is 2.33. The third-order valence-corrected chi connectivity index (χ3v) is 4.18. The average molecular weight is 424 g/mol. The number of aliphatic hydroxyl groups excluding tert-OH is 1. The van der Waals surface area contributed by atoms with Crippen LogP contribution in [-0.4, -0.2) is 5.11 Å². The van der Waals surface area contributed by atoms with Crippen LogP contribution >= 0.6 is 31.9 Å². The molecule has 21 heavy (non-hydrogen) atoms. The van der Waals surface area contributed by atoms with Gasteiger partial charge in [-0.25, -0.2) is 0 Å². The van der Waals surface area contributed by atoms with Crippen LogP contribution in [0.2, 0.25) is 0 Å². The van der Waals surface area contributed by atoms with Crippen molar-refractivity contribution < 1.29 is 18.3 Å². The molecule has 1 nitrogen and oxygen atoms in total. The summed E-state index contributed by atoms with van der Waals surface area (Å²) in [5.74, 6) is 0. The molecule has 0 aliphatic heterocycles. The summed E-state index contributed by atoms with van der Waals surface area (Å²) in [5.41, 5.74) is 0.298. The largest absolute Gasteiger partial charge is 0.417 e. The van der Waals surface area contributed by atoms with Crippen molar-refractivity contribution in [2.45, 2.75) is 18.7 Å². The Balaban J connectivity index is 2.25. The smallest absolute Gasteiger partial charge is 0.388 e. The molecule has 0 bridgehead atoms. The van der Waals surface area contributed by atoms with Crippen molar-refractivity contribution in [2.24, 2.45) is 0 Å². The molecule has 0 heterocycles. The highest BCUT2D eigenvalue weighted by atomic mass is 79.9.